The molecule has 1 aromatic rings. The molecule has 0 fully saturated rings. The molecule has 0 bridgehead atoms. The van der Waals surface area contributed by atoms with Crippen molar-refractivity contribution in [1.82, 2.24) is 10.2 Å². The average molecular weight is 388 g/mol. The first-order valence-electron chi connectivity index (χ1n) is 10.5. The molecule has 0 amide bonds. The first-order valence-corrected chi connectivity index (χ1v) is 10.5. The van der Waals surface area contributed by atoms with Gasteiger partial charge >= 0.3 is 0 Å². The molecule has 29 heavy (non-hydrogen) atoms. The van der Waals surface area contributed by atoms with E-state index in [1.54, 1.807) is 0 Å². The summed E-state index contributed by atoms with van der Waals surface area (Å²) in [5, 5.41) is 3.38. The number of hydrogen-bond acceptors (Lipinski definition) is 4. The van der Waals surface area contributed by atoms with Crippen LogP contribution in [0.15, 0.2) is 76.6 Å². The van der Waals surface area contributed by atoms with Gasteiger partial charge in [0.2, 0.25) is 0 Å². The van der Waals surface area contributed by atoms with Gasteiger partial charge < -0.3 is 15.0 Å². The van der Waals surface area contributed by atoms with Crippen LogP contribution in [0.2, 0.25) is 0 Å². The van der Waals surface area contributed by atoms with Crippen LogP contribution in [0.1, 0.15) is 37.8 Å². The van der Waals surface area contributed by atoms with Crippen molar-refractivity contribution in [2.75, 3.05) is 19.7 Å². The summed E-state index contributed by atoms with van der Waals surface area (Å²) in [4.78, 5) is 7.17. The summed E-state index contributed by atoms with van der Waals surface area (Å²) in [6.07, 6.45) is 15.3. The van der Waals surface area contributed by atoms with Crippen molar-refractivity contribution in [3.63, 3.8) is 0 Å². The molecule has 0 aliphatic carbocycles. The van der Waals surface area contributed by atoms with E-state index < -0.39 is 0 Å². The van der Waals surface area contributed by atoms with Crippen LogP contribution in [0.3, 0.4) is 0 Å². The maximum absolute atomic E-state index is 5.79. The Kier molecular flexibility index (Phi) is 5.81. The van der Waals surface area contributed by atoms with Crippen molar-refractivity contribution < 1.29 is 4.74 Å². The van der Waals surface area contributed by atoms with Crippen molar-refractivity contribution in [1.29, 1.82) is 0 Å². The highest BCUT2D eigenvalue weighted by Gasteiger charge is 2.22. The number of aliphatic imine (C=N–C) groups is 1. The van der Waals surface area contributed by atoms with Crippen molar-refractivity contribution in [2.45, 2.75) is 33.6 Å². The minimum Gasteiger partial charge on any atom is -0.494 e. The quantitative estimate of drug-likeness (QED) is 0.762. The van der Waals surface area contributed by atoms with Crippen molar-refractivity contribution in [3.8, 4) is 5.75 Å². The van der Waals surface area contributed by atoms with Crippen LogP contribution in [-0.4, -0.2) is 30.4 Å². The maximum atomic E-state index is 5.79. The van der Waals surface area contributed by atoms with Crippen LogP contribution in [0.4, 0.5) is 0 Å². The second-order valence-electron chi connectivity index (χ2n) is 7.42. The zero-order valence-electron chi connectivity index (χ0n) is 17.5. The Balaban J connectivity index is 1.69. The van der Waals surface area contributed by atoms with Crippen LogP contribution in [0.25, 0.3) is 5.70 Å². The van der Waals surface area contributed by atoms with E-state index in [0.29, 0.717) is 6.61 Å². The number of nitrogens with one attached hydrogen (secondary N) is 1. The van der Waals surface area contributed by atoms with Crippen molar-refractivity contribution in [2.24, 2.45) is 4.99 Å². The molecule has 0 saturated carbocycles. The van der Waals surface area contributed by atoms with Gasteiger partial charge in [-0.1, -0.05) is 31.2 Å². The van der Waals surface area contributed by atoms with Gasteiger partial charge in [-0.2, -0.15) is 0 Å². The van der Waals surface area contributed by atoms with Gasteiger partial charge in [0.05, 0.1) is 12.3 Å². The molecule has 0 aromatic heterocycles. The molecule has 3 aliphatic heterocycles. The van der Waals surface area contributed by atoms with Gasteiger partial charge in [0, 0.05) is 24.0 Å². The second kappa shape index (κ2) is 8.66. The van der Waals surface area contributed by atoms with Crippen molar-refractivity contribution >= 4 is 11.5 Å². The molecule has 4 rings (SSSR count). The minimum atomic E-state index is 0.661. The van der Waals surface area contributed by atoms with E-state index in [-0.39, 0.29) is 0 Å². The number of allylic oxidation sites excluding steroid dienone is 4. The lowest BCUT2D eigenvalue weighted by Gasteiger charge is -2.30. The minimum absolute atomic E-state index is 0.661. The second-order valence-corrected chi connectivity index (χ2v) is 7.42. The largest absolute Gasteiger partial charge is 0.494 e. The van der Waals surface area contributed by atoms with Gasteiger partial charge in [-0.05, 0) is 74.2 Å². The third kappa shape index (κ3) is 4.13. The van der Waals surface area contributed by atoms with E-state index in [9.17, 15) is 0 Å². The summed E-state index contributed by atoms with van der Waals surface area (Å²) >= 11 is 0. The number of hydrogen-bond donors (Lipinski definition) is 1. The summed E-state index contributed by atoms with van der Waals surface area (Å²) in [6.45, 7) is 8.90. The SMILES string of the molecule is CC/C=C1/C=C(c2ccc(C)c(OCC)c2)N=C2C=CC(C3=CCNCC3)=CN21. The maximum Gasteiger partial charge on any atom is 0.137 e. The van der Waals surface area contributed by atoms with Gasteiger partial charge in [-0.25, -0.2) is 4.99 Å². The molecule has 4 nitrogen and oxygen atoms in total. The lowest BCUT2D eigenvalue weighted by Crippen LogP contribution is -2.29. The highest BCUT2D eigenvalue weighted by atomic mass is 16.5. The van der Waals surface area contributed by atoms with Gasteiger partial charge in [0.1, 0.15) is 11.6 Å². The third-order valence-electron chi connectivity index (χ3n) is 5.36. The Labute approximate surface area is 173 Å². The van der Waals surface area contributed by atoms with Crippen LogP contribution >= 0.6 is 0 Å². The Morgan fingerprint density at radius 2 is 2.14 bits per heavy atom. The van der Waals surface area contributed by atoms with Gasteiger partial charge in [0.15, 0.2) is 0 Å². The number of ether oxygens (including phenoxy) is 1. The van der Waals surface area contributed by atoms with Crippen LogP contribution < -0.4 is 10.1 Å². The topological polar surface area (TPSA) is 36.9 Å². The van der Waals surface area contributed by atoms with Crippen molar-refractivity contribution in [3.05, 3.63) is 82.7 Å². The summed E-state index contributed by atoms with van der Waals surface area (Å²) in [5.41, 5.74) is 7.05. The van der Waals surface area contributed by atoms with Gasteiger partial charge in [-0.3, -0.25) is 0 Å². The standard InChI is InChI=1S/C25H29N3O/c1-4-6-22-16-23(20-8-7-18(3)24(15-20)29-5-2)27-25-10-9-21(17-28(22)25)19-11-13-26-14-12-19/h6-11,15-17,26H,4-5,12-14H2,1-3H3/b22-6-. The third-order valence-corrected chi connectivity index (χ3v) is 5.36. The fourth-order valence-electron chi connectivity index (χ4n) is 3.82. The molecule has 1 aromatic carbocycles. The summed E-state index contributed by atoms with van der Waals surface area (Å²) in [7, 11) is 0. The Hall–Kier alpha value is -2.85. The lowest BCUT2D eigenvalue weighted by molar-refractivity contribution is 0.338. The first-order chi connectivity index (χ1) is 14.2. The molecule has 4 heteroatoms. The van der Waals surface area contributed by atoms with E-state index >= 15 is 0 Å². The van der Waals surface area contributed by atoms with Gasteiger partial charge in [0.25, 0.3) is 0 Å². The van der Waals surface area contributed by atoms with E-state index in [0.717, 1.165) is 54.3 Å². The highest BCUT2D eigenvalue weighted by molar-refractivity contribution is 6.02. The number of fused-ring (bicyclic) bond motifs is 1. The zero-order valence-corrected chi connectivity index (χ0v) is 17.5. The monoisotopic (exact) mass is 387 g/mol. The molecule has 0 unspecified atom stereocenters. The number of rotatable bonds is 5. The fourth-order valence-corrected chi connectivity index (χ4v) is 3.82. The van der Waals surface area contributed by atoms with Crippen LogP contribution in [0.5, 0.6) is 5.75 Å². The Morgan fingerprint density at radius 1 is 1.24 bits per heavy atom. The molecular weight excluding hydrogens is 358 g/mol. The normalized spacial score (nSPS) is 20.0. The zero-order chi connectivity index (χ0) is 20.2. The molecular formula is C25H29N3O. The first kappa shape index (κ1) is 19.5. The number of amidine groups is 1. The van der Waals surface area contributed by atoms with Crippen LogP contribution in [0, 0.1) is 6.92 Å². The van der Waals surface area contributed by atoms with E-state index in [1.807, 2.05) is 6.92 Å². The Bertz CT molecular complexity index is 976. The lowest BCUT2D eigenvalue weighted by atomic mass is 9.98. The molecule has 3 heterocycles. The fraction of sp³-hybridized carbons (Fsp3) is 0.320. The summed E-state index contributed by atoms with van der Waals surface area (Å²) < 4.78 is 5.79. The predicted octanol–water partition coefficient (Wildman–Crippen LogP) is 5.12. The molecule has 150 valence electrons. The molecule has 0 radical (unpaired) electrons. The summed E-state index contributed by atoms with van der Waals surface area (Å²) in [6, 6.07) is 6.33. The molecule has 0 atom stereocenters. The predicted molar refractivity (Wildman–Crippen MR) is 121 cm³/mol. The number of benzene rings is 1. The molecule has 3 aliphatic rings. The molecule has 1 N–H and O–H groups in total. The number of nitrogens with zero attached hydrogens (tertiary/aromatic N) is 2. The molecule has 0 spiro atoms. The average Bonchev–Trinajstić information content (AvgIpc) is 2.76. The highest BCUT2D eigenvalue weighted by Crippen LogP contribution is 2.33. The smallest absolute Gasteiger partial charge is 0.137 e. The van der Waals surface area contributed by atoms with E-state index in [1.165, 1.54) is 16.8 Å². The van der Waals surface area contributed by atoms with E-state index in [2.05, 4.69) is 78.8 Å². The number of aryl methyl sites for hydroxylation is 1. The Morgan fingerprint density at radius 3 is 2.90 bits per heavy atom. The van der Waals surface area contributed by atoms with Crippen LogP contribution in [-0.2, 0) is 0 Å². The summed E-state index contributed by atoms with van der Waals surface area (Å²) in [5.74, 6) is 1.88. The van der Waals surface area contributed by atoms with Gasteiger partial charge in [-0.15, -0.1) is 0 Å². The molecule has 0 saturated heterocycles. The van der Waals surface area contributed by atoms with E-state index in [4.69, 9.17) is 9.73 Å².